The molecule has 0 spiro atoms. The first-order chi connectivity index (χ1) is 7.72. The maximum absolute atomic E-state index is 5.16. The zero-order valence-electron chi connectivity index (χ0n) is 9.29. The van der Waals surface area contributed by atoms with E-state index in [0.717, 1.165) is 6.54 Å². The minimum atomic E-state index is 0.219. The summed E-state index contributed by atoms with van der Waals surface area (Å²) in [6, 6.07) is 4.39. The number of aryl methyl sites for hydroxylation is 1. The fourth-order valence-corrected chi connectivity index (χ4v) is 3.69. The van der Waals surface area contributed by atoms with Gasteiger partial charge in [0.2, 0.25) is 0 Å². The molecule has 0 amide bonds. The molecule has 1 unspecified atom stereocenters. The van der Waals surface area contributed by atoms with Crippen LogP contribution in [0.15, 0.2) is 33.5 Å². The van der Waals surface area contributed by atoms with E-state index in [1.807, 2.05) is 17.4 Å². The third kappa shape index (κ3) is 2.39. The molecule has 1 atom stereocenters. The van der Waals surface area contributed by atoms with Crippen molar-refractivity contribution in [2.75, 3.05) is 6.54 Å². The molecule has 4 heteroatoms. The summed E-state index contributed by atoms with van der Waals surface area (Å²) in [5, 5.41) is 3.48. The Kier molecular flexibility index (Phi) is 3.84. The van der Waals surface area contributed by atoms with Crippen LogP contribution in [0.4, 0.5) is 0 Å². The van der Waals surface area contributed by atoms with Crippen molar-refractivity contribution in [1.82, 2.24) is 5.32 Å². The molecule has 0 aromatic carbocycles. The summed E-state index contributed by atoms with van der Waals surface area (Å²) in [5.74, 6) is 0. The highest BCUT2D eigenvalue weighted by atomic mass is 79.9. The molecule has 2 aromatic heterocycles. The standard InChI is InChI=1S/C12H14BrNOS/c1-3-14-11(9-4-5-15-7-9)12-10(13)6-8(2)16-12/h4-7,11,14H,3H2,1-2H3. The van der Waals surface area contributed by atoms with Crippen molar-refractivity contribution >= 4 is 27.3 Å². The number of thiophene rings is 1. The van der Waals surface area contributed by atoms with Crippen LogP contribution in [-0.4, -0.2) is 6.54 Å². The van der Waals surface area contributed by atoms with Gasteiger partial charge in [0.25, 0.3) is 0 Å². The third-order valence-electron chi connectivity index (χ3n) is 2.38. The van der Waals surface area contributed by atoms with Crippen LogP contribution in [0.3, 0.4) is 0 Å². The minimum Gasteiger partial charge on any atom is -0.472 e. The van der Waals surface area contributed by atoms with Gasteiger partial charge >= 0.3 is 0 Å². The lowest BCUT2D eigenvalue weighted by molar-refractivity contribution is 0.554. The molecule has 2 heterocycles. The minimum absolute atomic E-state index is 0.219. The van der Waals surface area contributed by atoms with Crippen LogP contribution in [0.2, 0.25) is 0 Å². The van der Waals surface area contributed by atoms with E-state index < -0.39 is 0 Å². The molecule has 2 nitrogen and oxygen atoms in total. The molecule has 0 saturated carbocycles. The van der Waals surface area contributed by atoms with Crippen LogP contribution in [0.1, 0.15) is 28.3 Å². The van der Waals surface area contributed by atoms with Crippen LogP contribution in [0.25, 0.3) is 0 Å². The molecule has 0 radical (unpaired) electrons. The Morgan fingerprint density at radius 2 is 2.38 bits per heavy atom. The van der Waals surface area contributed by atoms with Crippen LogP contribution >= 0.6 is 27.3 Å². The molecule has 0 fully saturated rings. The second-order valence-corrected chi connectivity index (χ2v) is 5.76. The summed E-state index contributed by atoms with van der Waals surface area (Å²) in [5.41, 5.74) is 1.17. The molecular weight excluding hydrogens is 286 g/mol. The van der Waals surface area contributed by atoms with E-state index in [9.17, 15) is 0 Å². The van der Waals surface area contributed by atoms with Crippen LogP contribution < -0.4 is 5.32 Å². The van der Waals surface area contributed by atoms with Crippen molar-refractivity contribution in [2.45, 2.75) is 19.9 Å². The molecule has 0 saturated heterocycles. The third-order valence-corrected chi connectivity index (χ3v) is 4.42. The topological polar surface area (TPSA) is 25.2 Å². The lowest BCUT2D eigenvalue weighted by Gasteiger charge is -2.15. The SMILES string of the molecule is CCNC(c1ccoc1)c1sc(C)cc1Br. The molecule has 2 rings (SSSR count). The number of furan rings is 1. The molecule has 0 aliphatic carbocycles. The predicted octanol–water partition coefficient (Wildman–Crippen LogP) is 4.11. The maximum Gasteiger partial charge on any atom is 0.0954 e. The lowest BCUT2D eigenvalue weighted by atomic mass is 10.1. The van der Waals surface area contributed by atoms with Gasteiger partial charge in [-0.2, -0.15) is 0 Å². The molecule has 16 heavy (non-hydrogen) atoms. The van der Waals surface area contributed by atoms with Gasteiger partial charge in [-0.15, -0.1) is 11.3 Å². The van der Waals surface area contributed by atoms with E-state index in [4.69, 9.17) is 4.42 Å². The zero-order chi connectivity index (χ0) is 11.5. The zero-order valence-corrected chi connectivity index (χ0v) is 11.7. The fraction of sp³-hybridized carbons (Fsp3) is 0.333. The monoisotopic (exact) mass is 299 g/mol. The van der Waals surface area contributed by atoms with Crippen LogP contribution in [-0.2, 0) is 0 Å². The van der Waals surface area contributed by atoms with Gasteiger partial charge in [-0.05, 0) is 41.5 Å². The number of hydrogen-bond donors (Lipinski definition) is 1. The van der Waals surface area contributed by atoms with Crippen molar-refractivity contribution in [2.24, 2.45) is 0 Å². The van der Waals surface area contributed by atoms with Gasteiger partial charge in [0.1, 0.15) is 0 Å². The molecule has 86 valence electrons. The van der Waals surface area contributed by atoms with Gasteiger partial charge in [0.05, 0.1) is 18.6 Å². The lowest BCUT2D eigenvalue weighted by Crippen LogP contribution is -2.20. The summed E-state index contributed by atoms with van der Waals surface area (Å²) in [4.78, 5) is 2.62. The first-order valence-electron chi connectivity index (χ1n) is 5.23. The van der Waals surface area contributed by atoms with E-state index in [1.54, 1.807) is 12.5 Å². The predicted molar refractivity (Wildman–Crippen MR) is 71.0 cm³/mol. The Morgan fingerprint density at radius 1 is 1.56 bits per heavy atom. The summed E-state index contributed by atoms with van der Waals surface area (Å²) in [7, 11) is 0. The highest BCUT2D eigenvalue weighted by molar-refractivity contribution is 9.10. The first-order valence-corrected chi connectivity index (χ1v) is 6.84. The number of nitrogens with one attached hydrogen (secondary N) is 1. The van der Waals surface area contributed by atoms with Gasteiger partial charge in [-0.1, -0.05) is 6.92 Å². The maximum atomic E-state index is 5.16. The van der Waals surface area contributed by atoms with Crippen molar-refractivity contribution in [1.29, 1.82) is 0 Å². The van der Waals surface area contributed by atoms with Gasteiger partial charge in [0, 0.05) is 19.8 Å². The number of hydrogen-bond acceptors (Lipinski definition) is 3. The second kappa shape index (κ2) is 5.17. The normalized spacial score (nSPS) is 12.9. The molecule has 2 aromatic rings. The molecule has 0 bridgehead atoms. The Labute approximate surface area is 108 Å². The van der Waals surface area contributed by atoms with Crippen molar-refractivity contribution < 1.29 is 4.42 Å². The summed E-state index contributed by atoms with van der Waals surface area (Å²) in [6.45, 7) is 5.16. The average Bonchev–Trinajstić information content (AvgIpc) is 2.85. The highest BCUT2D eigenvalue weighted by Crippen LogP contribution is 2.35. The Balaban J connectivity index is 2.36. The molecular formula is C12H14BrNOS. The van der Waals surface area contributed by atoms with Gasteiger partial charge in [0.15, 0.2) is 0 Å². The fourth-order valence-electron chi connectivity index (χ4n) is 1.70. The number of rotatable bonds is 4. The molecule has 0 aliphatic heterocycles. The van der Waals surface area contributed by atoms with Crippen LogP contribution in [0.5, 0.6) is 0 Å². The Morgan fingerprint density at radius 3 is 2.88 bits per heavy atom. The van der Waals surface area contributed by atoms with Gasteiger partial charge in [-0.25, -0.2) is 0 Å². The molecule has 0 aliphatic rings. The van der Waals surface area contributed by atoms with E-state index in [1.165, 1.54) is 19.8 Å². The van der Waals surface area contributed by atoms with Gasteiger partial charge in [-0.3, -0.25) is 0 Å². The smallest absolute Gasteiger partial charge is 0.0954 e. The van der Waals surface area contributed by atoms with E-state index in [0.29, 0.717) is 0 Å². The van der Waals surface area contributed by atoms with E-state index in [-0.39, 0.29) is 6.04 Å². The largest absolute Gasteiger partial charge is 0.472 e. The van der Waals surface area contributed by atoms with Crippen LogP contribution in [0, 0.1) is 6.92 Å². The highest BCUT2D eigenvalue weighted by Gasteiger charge is 2.19. The van der Waals surface area contributed by atoms with Crippen molar-refractivity contribution in [3.63, 3.8) is 0 Å². The summed E-state index contributed by atoms with van der Waals surface area (Å²) < 4.78 is 6.33. The molecule has 1 N–H and O–H groups in total. The number of halogens is 1. The average molecular weight is 300 g/mol. The second-order valence-electron chi connectivity index (χ2n) is 3.62. The van der Waals surface area contributed by atoms with Gasteiger partial charge < -0.3 is 9.73 Å². The Hall–Kier alpha value is -0.580. The summed E-state index contributed by atoms with van der Waals surface area (Å²) in [6.07, 6.45) is 3.52. The van der Waals surface area contributed by atoms with Crippen molar-refractivity contribution in [3.05, 3.63) is 44.4 Å². The van der Waals surface area contributed by atoms with E-state index in [2.05, 4.69) is 41.2 Å². The quantitative estimate of drug-likeness (QED) is 0.919. The van der Waals surface area contributed by atoms with E-state index >= 15 is 0 Å². The summed E-state index contributed by atoms with van der Waals surface area (Å²) >= 11 is 5.42. The first kappa shape index (κ1) is 11.9. The Bertz CT molecular complexity index is 450. The van der Waals surface area contributed by atoms with Crippen molar-refractivity contribution in [3.8, 4) is 0 Å².